The van der Waals surface area contributed by atoms with E-state index in [9.17, 15) is 9.59 Å². The maximum Gasteiger partial charge on any atom is 0.303 e. The molecule has 0 fully saturated rings. The first-order valence-electron chi connectivity index (χ1n) is 5.40. The molecule has 1 unspecified atom stereocenters. The fourth-order valence-corrected chi connectivity index (χ4v) is 1.36. The molecule has 0 aliphatic heterocycles. The second-order valence-corrected chi connectivity index (χ2v) is 4.01. The van der Waals surface area contributed by atoms with Gasteiger partial charge in [0.15, 0.2) is 0 Å². The Morgan fingerprint density at radius 3 is 2.38 bits per heavy atom. The van der Waals surface area contributed by atoms with Gasteiger partial charge in [-0.1, -0.05) is 6.92 Å². The fourth-order valence-electron chi connectivity index (χ4n) is 1.36. The lowest BCUT2D eigenvalue weighted by molar-refractivity contribution is -0.152. The number of nitrogens with zero attached hydrogens (tertiary/aromatic N) is 1. The highest BCUT2D eigenvalue weighted by molar-refractivity contribution is 5.84. The van der Waals surface area contributed by atoms with Crippen LogP contribution in [0, 0.1) is 0 Å². The molecule has 0 spiro atoms. The molecule has 0 saturated carbocycles. The molecule has 5 nitrogen and oxygen atoms in total. The lowest BCUT2D eigenvalue weighted by Crippen LogP contribution is -2.46. The van der Waals surface area contributed by atoms with E-state index in [4.69, 9.17) is 9.84 Å². The molecule has 1 N–H and O–H groups in total. The van der Waals surface area contributed by atoms with Crippen molar-refractivity contribution in [1.82, 2.24) is 4.90 Å². The van der Waals surface area contributed by atoms with E-state index < -0.39 is 11.6 Å². The zero-order valence-corrected chi connectivity index (χ0v) is 10.4. The van der Waals surface area contributed by atoms with Crippen LogP contribution < -0.4 is 0 Å². The van der Waals surface area contributed by atoms with Crippen molar-refractivity contribution < 1.29 is 19.4 Å². The number of amides is 1. The molecule has 0 bridgehead atoms. The van der Waals surface area contributed by atoms with Gasteiger partial charge < -0.3 is 14.7 Å². The molecule has 0 aromatic carbocycles. The van der Waals surface area contributed by atoms with Crippen LogP contribution in [0.4, 0.5) is 0 Å². The van der Waals surface area contributed by atoms with Crippen LogP contribution in [0.15, 0.2) is 0 Å². The van der Waals surface area contributed by atoms with Gasteiger partial charge in [-0.25, -0.2) is 0 Å². The predicted octanol–water partition coefficient (Wildman–Crippen LogP) is 1.12. The largest absolute Gasteiger partial charge is 0.481 e. The van der Waals surface area contributed by atoms with Crippen molar-refractivity contribution in [1.29, 1.82) is 0 Å². The van der Waals surface area contributed by atoms with Gasteiger partial charge in [0.1, 0.15) is 5.60 Å². The van der Waals surface area contributed by atoms with Gasteiger partial charge in [-0.05, 0) is 19.8 Å². The molecule has 1 atom stereocenters. The monoisotopic (exact) mass is 231 g/mol. The van der Waals surface area contributed by atoms with Gasteiger partial charge in [0.2, 0.25) is 0 Å². The van der Waals surface area contributed by atoms with E-state index in [0.29, 0.717) is 19.4 Å². The first kappa shape index (κ1) is 14.9. The molecule has 0 aliphatic rings. The summed E-state index contributed by atoms with van der Waals surface area (Å²) >= 11 is 0. The number of hydrogen-bond donors (Lipinski definition) is 1. The van der Waals surface area contributed by atoms with E-state index in [1.54, 1.807) is 14.0 Å². The highest BCUT2D eigenvalue weighted by Gasteiger charge is 2.33. The van der Waals surface area contributed by atoms with E-state index in [1.165, 1.54) is 12.0 Å². The quantitative estimate of drug-likeness (QED) is 0.713. The summed E-state index contributed by atoms with van der Waals surface area (Å²) in [4.78, 5) is 23.8. The summed E-state index contributed by atoms with van der Waals surface area (Å²) in [7, 11) is 3.17. The lowest BCUT2D eigenvalue weighted by atomic mass is 10.0. The normalized spacial score (nSPS) is 14.2. The number of likely N-dealkylation sites (N-methyl/N-ethyl adjacent to an activating group) is 1. The minimum absolute atomic E-state index is 0.0768. The van der Waals surface area contributed by atoms with Crippen LogP contribution >= 0.6 is 0 Å². The van der Waals surface area contributed by atoms with Gasteiger partial charge in [-0.3, -0.25) is 9.59 Å². The van der Waals surface area contributed by atoms with Crippen LogP contribution in [0.5, 0.6) is 0 Å². The van der Waals surface area contributed by atoms with E-state index >= 15 is 0 Å². The highest BCUT2D eigenvalue weighted by Crippen LogP contribution is 2.17. The number of ether oxygens (including phenoxy) is 1. The Hall–Kier alpha value is -1.10. The first-order chi connectivity index (χ1) is 7.37. The highest BCUT2D eigenvalue weighted by atomic mass is 16.5. The lowest BCUT2D eigenvalue weighted by Gasteiger charge is -2.30. The van der Waals surface area contributed by atoms with Crippen molar-refractivity contribution >= 4 is 11.9 Å². The summed E-state index contributed by atoms with van der Waals surface area (Å²) < 4.78 is 5.19. The van der Waals surface area contributed by atoms with Crippen LogP contribution in [0.3, 0.4) is 0 Å². The number of carboxylic acid groups (broad SMARTS) is 1. The maximum atomic E-state index is 12.0. The zero-order chi connectivity index (χ0) is 12.8. The summed E-state index contributed by atoms with van der Waals surface area (Å²) in [5, 5.41) is 8.49. The molecular weight excluding hydrogens is 210 g/mol. The predicted molar refractivity (Wildman–Crippen MR) is 60.2 cm³/mol. The SMILES string of the molecule is CCC(C)(OC)C(=O)N(C)CCCC(=O)O. The number of methoxy groups -OCH3 is 1. The topological polar surface area (TPSA) is 66.8 Å². The van der Waals surface area contributed by atoms with Crippen LogP contribution in [0.1, 0.15) is 33.1 Å². The molecule has 0 aromatic heterocycles. The van der Waals surface area contributed by atoms with Gasteiger partial charge in [0, 0.05) is 27.1 Å². The average molecular weight is 231 g/mol. The Morgan fingerprint density at radius 1 is 1.44 bits per heavy atom. The minimum atomic E-state index is -0.842. The molecular formula is C11H21NO4. The Labute approximate surface area is 96.4 Å². The third-order valence-electron chi connectivity index (χ3n) is 2.81. The van der Waals surface area contributed by atoms with E-state index in [-0.39, 0.29) is 12.3 Å². The van der Waals surface area contributed by atoms with Crippen LogP contribution in [-0.2, 0) is 14.3 Å². The van der Waals surface area contributed by atoms with Gasteiger partial charge in [0.25, 0.3) is 5.91 Å². The number of carbonyl (C=O) groups is 2. The number of carbonyl (C=O) groups excluding carboxylic acids is 1. The summed E-state index contributed by atoms with van der Waals surface area (Å²) in [6, 6.07) is 0. The Balaban J connectivity index is 4.22. The molecule has 1 amide bonds. The molecule has 0 rings (SSSR count). The molecule has 0 aliphatic carbocycles. The second-order valence-electron chi connectivity index (χ2n) is 4.01. The summed E-state index contributed by atoms with van der Waals surface area (Å²) in [5.74, 6) is -0.950. The number of rotatable bonds is 7. The Morgan fingerprint density at radius 2 is 2.00 bits per heavy atom. The molecule has 94 valence electrons. The summed E-state index contributed by atoms with van der Waals surface area (Å²) in [5.41, 5.74) is -0.808. The second kappa shape index (κ2) is 6.48. The molecule has 0 aromatic rings. The number of carboxylic acids is 1. The molecule has 0 radical (unpaired) electrons. The van der Waals surface area contributed by atoms with E-state index in [0.717, 1.165) is 0 Å². The first-order valence-corrected chi connectivity index (χ1v) is 5.40. The number of hydrogen-bond acceptors (Lipinski definition) is 3. The van der Waals surface area contributed by atoms with Gasteiger partial charge in [-0.2, -0.15) is 0 Å². The van der Waals surface area contributed by atoms with Gasteiger partial charge >= 0.3 is 5.97 Å². The third-order valence-corrected chi connectivity index (χ3v) is 2.81. The van der Waals surface area contributed by atoms with E-state index in [1.807, 2.05) is 6.92 Å². The fraction of sp³-hybridized carbons (Fsp3) is 0.818. The Kier molecular flexibility index (Phi) is 6.03. The molecule has 16 heavy (non-hydrogen) atoms. The summed E-state index contributed by atoms with van der Waals surface area (Å²) in [6.45, 7) is 4.06. The molecule has 0 saturated heterocycles. The molecule has 0 heterocycles. The zero-order valence-electron chi connectivity index (χ0n) is 10.4. The maximum absolute atomic E-state index is 12.0. The smallest absolute Gasteiger partial charge is 0.303 e. The van der Waals surface area contributed by atoms with Crippen molar-refractivity contribution in [2.45, 2.75) is 38.7 Å². The van der Waals surface area contributed by atoms with Crippen LogP contribution in [-0.4, -0.2) is 48.2 Å². The standard InChI is InChI=1S/C11H21NO4/c1-5-11(2,16-4)10(15)12(3)8-6-7-9(13)14/h5-8H2,1-4H3,(H,13,14). The minimum Gasteiger partial charge on any atom is -0.481 e. The average Bonchev–Trinajstić information content (AvgIpc) is 2.26. The third kappa shape index (κ3) is 4.18. The van der Waals surface area contributed by atoms with Crippen molar-refractivity contribution in [3.05, 3.63) is 0 Å². The molecule has 5 heteroatoms. The van der Waals surface area contributed by atoms with Crippen LogP contribution in [0.2, 0.25) is 0 Å². The number of aliphatic carboxylic acids is 1. The van der Waals surface area contributed by atoms with Crippen molar-refractivity contribution in [3.63, 3.8) is 0 Å². The Bertz CT molecular complexity index is 248. The van der Waals surface area contributed by atoms with Gasteiger partial charge in [-0.15, -0.1) is 0 Å². The van der Waals surface area contributed by atoms with Crippen molar-refractivity contribution in [3.8, 4) is 0 Å². The van der Waals surface area contributed by atoms with E-state index in [2.05, 4.69) is 0 Å². The van der Waals surface area contributed by atoms with Gasteiger partial charge in [0.05, 0.1) is 0 Å². The van der Waals surface area contributed by atoms with Crippen molar-refractivity contribution in [2.24, 2.45) is 0 Å². The van der Waals surface area contributed by atoms with Crippen LogP contribution in [0.25, 0.3) is 0 Å². The summed E-state index contributed by atoms with van der Waals surface area (Å²) in [6.07, 6.45) is 1.13. The van der Waals surface area contributed by atoms with Crippen molar-refractivity contribution in [2.75, 3.05) is 20.7 Å².